The average molecular weight is 311 g/mol. The number of hydrogen-bond acceptors (Lipinski definition) is 3. The standard InChI is InChI=1S/C14H21N3O3S/c1-4-16(5-2)21(19,20)17-10-12-8-6-7-9-13(12)15-14(18)11(17)3/h6-9,11H,4-5,10H2,1-3H3,(H,15,18). The van der Waals surface area contributed by atoms with E-state index in [1.807, 2.05) is 18.2 Å². The summed E-state index contributed by atoms with van der Waals surface area (Å²) in [5, 5.41) is 2.79. The van der Waals surface area contributed by atoms with Gasteiger partial charge in [-0.05, 0) is 18.6 Å². The molecule has 0 aliphatic carbocycles. The van der Waals surface area contributed by atoms with Crippen LogP contribution in [-0.2, 0) is 21.5 Å². The van der Waals surface area contributed by atoms with Crippen LogP contribution in [0.1, 0.15) is 26.3 Å². The number of rotatable bonds is 4. The van der Waals surface area contributed by atoms with Crippen molar-refractivity contribution in [2.75, 3.05) is 18.4 Å². The molecule has 0 saturated heterocycles. The van der Waals surface area contributed by atoms with Gasteiger partial charge in [-0.2, -0.15) is 17.0 Å². The van der Waals surface area contributed by atoms with Crippen LogP contribution in [0.5, 0.6) is 0 Å². The van der Waals surface area contributed by atoms with Gasteiger partial charge in [0.2, 0.25) is 5.91 Å². The van der Waals surface area contributed by atoms with Gasteiger partial charge in [0.1, 0.15) is 6.04 Å². The number of nitrogens with one attached hydrogen (secondary N) is 1. The van der Waals surface area contributed by atoms with Crippen LogP contribution in [0.4, 0.5) is 5.69 Å². The Bertz CT molecular complexity index is 626. The largest absolute Gasteiger partial charge is 0.324 e. The summed E-state index contributed by atoms with van der Waals surface area (Å²) in [5.41, 5.74) is 1.47. The Kier molecular flexibility index (Phi) is 4.65. The average Bonchev–Trinajstić information content (AvgIpc) is 2.58. The third-order valence-electron chi connectivity index (χ3n) is 3.74. The first-order chi connectivity index (χ1) is 9.91. The molecule has 116 valence electrons. The Balaban J connectivity index is 2.45. The van der Waals surface area contributed by atoms with E-state index in [9.17, 15) is 13.2 Å². The smallest absolute Gasteiger partial charge is 0.282 e. The fraction of sp³-hybridized carbons (Fsp3) is 0.500. The zero-order chi connectivity index (χ0) is 15.6. The number of fused-ring (bicyclic) bond motifs is 1. The van der Waals surface area contributed by atoms with Crippen molar-refractivity contribution in [2.24, 2.45) is 0 Å². The van der Waals surface area contributed by atoms with Gasteiger partial charge in [-0.15, -0.1) is 0 Å². The maximum absolute atomic E-state index is 12.7. The molecule has 1 N–H and O–H groups in total. The van der Waals surface area contributed by atoms with Crippen LogP contribution >= 0.6 is 0 Å². The zero-order valence-electron chi connectivity index (χ0n) is 12.5. The van der Waals surface area contributed by atoms with Crippen molar-refractivity contribution < 1.29 is 13.2 Å². The van der Waals surface area contributed by atoms with E-state index in [0.29, 0.717) is 18.8 Å². The van der Waals surface area contributed by atoms with Crippen LogP contribution in [-0.4, -0.2) is 42.1 Å². The Morgan fingerprint density at radius 3 is 2.52 bits per heavy atom. The summed E-state index contributed by atoms with van der Waals surface area (Å²) in [6.45, 7) is 6.14. The van der Waals surface area contributed by atoms with Gasteiger partial charge in [-0.1, -0.05) is 32.0 Å². The molecule has 21 heavy (non-hydrogen) atoms. The first kappa shape index (κ1) is 15.9. The summed E-state index contributed by atoms with van der Waals surface area (Å²) >= 11 is 0. The maximum atomic E-state index is 12.7. The fourth-order valence-corrected chi connectivity index (χ4v) is 4.18. The molecule has 0 saturated carbocycles. The Morgan fingerprint density at radius 2 is 1.90 bits per heavy atom. The quantitative estimate of drug-likeness (QED) is 0.914. The molecule has 1 aliphatic heterocycles. The summed E-state index contributed by atoms with van der Waals surface area (Å²) in [6.07, 6.45) is 0. The molecule has 7 heteroatoms. The molecule has 0 aromatic heterocycles. The van der Waals surface area contributed by atoms with E-state index in [4.69, 9.17) is 0 Å². The molecule has 6 nitrogen and oxygen atoms in total. The molecule has 1 atom stereocenters. The molecule has 1 aliphatic rings. The van der Waals surface area contributed by atoms with Gasteiger partial charge < -0.3 is 5.32 Å². The van der Waals surface area contributed by atoms with Gasteiger partial charge in [0.05, 0.1) is 0 Å². The third-order valence-corrected chi connectivity index (χ3v) is 5.95. The van der Waals surface area contributed by atoms with Crippen LogP contribution in [0.15, 0.2) is 24.3 Å². The van der Waals surface area contributed by atoms with Crippen LogP contribution in [0.2, 0.25) is 0 Å². The minimum absolute atomic E-state index is 0.189. The molecule has 1 heterocycles. The number of benzene rings is 1. The van der Waals surface area contributed by atoms with Crippen LogP contribution < -0.4 is 5.32 Å². The van der Waals surface area contributed by atoms with Crippen LogP contribution in [0, 0.1) is 0 Å². The molecule has 1 unspecified atom stereocenters. The van der Waals surface area contributed by atoms with Crippen molar-refractivity contribution in [2.45, 2.75) is 33.4 Å². The molecule has 0 bridgehead atoms. The summed E-state index contributed by atoms with van der Waals surface area (Å²) in [7, 11) is -3.67. The number of nitrogens with zero attached hydrogens (tertiary/aromatic N) is 2. The van der Waals surface area contributed by atoms with Crippen LogP contribution in [0.25, 0.3) is 0 Å². The Labute approximate surface area is 125 Å². The van der Waals surface area contributed by atoms with Crippen molar-refractivity contribution in [1.82, 2.24) is 8.61 Å². The van der Waals surface area contributed by atoms with Crippen molar-refractivity contribution >= 4 is 21.8 Å². The highest BCUT2D eigenvalue weighted by Gasteiger charge is 2.37. The van der Waals surface area contributed by atoms with Gasteiger partial charge >= 0.3 is 0 Å². The minimum Gasteiger partial charge on any atom is -0.324 e. The minimum atomic E-state index is -3.67. The SMILES string of the molecule is CCN(CC)S(=O)(=O)N1Cc2ccccc2NC(=O)C1C. The molecule has 2 rings (SSSR count). The van der Waals surface area contributed by atoms with Crippen molar-refractivity contribution in [3.8, 4) is 0 Å². The van der Waals surface area contributed by atoms with Gasteiger partial charge in [-0.3, -0.25) is 4.79 Å². The number of amides is 1. The van der Waals surface area contributed by atoms with Crippen molar-refractivity contribution in [3.05, 3.63) is 29.8 Å². The second kappa shape index (κ2) is 6.13. The van der Waals surface area contributed by atoms with E-state index in [2.05, 4.69) is 5.32 Å². The lowest BCUT2D eigenvalue weighted by molar-refractivity contribution is -0.119. The predicted molar refractivity (Wildman–Crippen MR) is 81.9 cm³/mol. The molecule has 0 spiro atoms. The Hall–Kier alpha value is -1.44. The van der Waals surface area contributed by atoms with E-state index >= 15 is 0 Å². The summed E-state index contributed by atoms with van der Waals surface area (Å²) in [4.78, 5) is 12.2. The second-order valence-electron chi connectivity index (χ2n) is 4.96. The lowest BCUT2D eigenvalue weighted by atomic mass is 10.2. The lowest BCUT2D eigenvalue weighted by Gasteiger charge is -2.30. The first-order valence-corrected chi connectivity index (χ1v) is 8.47. The summed E-state index contributed by atoms with van der Waals surface area (Å²) in [5.74, 6) is -0.310. The predicted octanol–water partition coefficient (Wildman–Crippen LogP) is 1.42. The second-order valence-corrected chi connectivity index (χ2v) is 6.84. The topological polar surface area (TPSA) is 69.7 Å². The van der Waals surface area contributed by atoms with Gasteiger partial charge in [0.25, 0.3) is 10.2 Å². The highest BCUT2D eigenvalue weighted by molar-refractivity contribution is 7.86. The highest BCUT2D eigenvalue weighted by atomic mass is 32.2. The van der Waals surface area contributed by atoms with Crippen molar-refractivity contribution in [3.63, 3.8) is 0 Å². The number of hydrogen-bond donors (Lipinski definition) is 1. The maximum Gasteiger partial charge on any atom is 0.282 e. The van der Waals surface area contributed by atoms with E-state index in [-0.39, 0.29) is 12.5 Å². The van der Waals surface area contributed by atoms with Gasteiger partial charge in [0, 0.05) is 25.3 Å². The molecule has 1 aromatic carbocycles. The third kappa shape index (κ3) is 2.95. The molecule has 1 aromatic rings. The number of carbonyl (C=O) groups is 1. The lowest BCUT2D eigenvalue weighted by Crippen LogP contribution is -2.49. The molecular weight excluding hydrogens is 290 g/mol. The highest BCUT2D eigenvalue weighted by Crippen LogP contribution is 2.26. The summed E-state index contributed by atoms with van der Waals surface area (Å²) in [6, 6.07) is 6.52. The van der Waals surface area contributed by atoms with Gasteiger partial charge in [0.15, 0.2) is 0 Å². The number of anilines is 1. The normalized spacial score (nSPS) is 20.0. The number of carbonyl (C=O) groups excluding carboxylic acids is 1. The fourth-order valence-electron chi connectivity index (χ4n) is 2.43. The molecule has 1 amide bonds. The molecular formula is C14H21N3O3S. The van der Waals surface area contributed by atoms with E-state index in [0.717, 1.165) is 5.56 Å². The van der Waals surface area contributed by atoms with E-state index in [1.54, 1.807) is 26.8 Å². The zero-order valence-corrected chi connectivity index (χ0v) is 13.4. The monoisotopic (exact) mass is 311 g/mol. The number of para-hydroxylation sites is 1. The van der Waals surface area contributed by atoms with E-state index < -0.39 is 16.3 Å². The first-order valence-electron chi connectivity index (χ1n) is 7.07. The molecule has 0 radical (unpaired) electrons. The summed E-state index contributed by atoms with van der Waals surface area (Å²) < 4.78 is 28.1. The van der Waals surface area contributed by atoms with E-state index in [1.165, 1.54) is 8.61 Å². The molecule has 0 fully saturated rings. The Morgan fingerprint density at radius 1 is 1.29 bits per heavy atom. The van der Waals surface area contributed by atoms with Gasteiger partial charge in [-0.25, -0.2) is 0 Å². The van der Waals surface area contributed by atoms with Crippen LogP contribution in [0.3, 0.4) is 0 Å². The van der Waals surface area contributed by atoms with Crippen molar-refractivity contribution in [1.29, 1.82) is 0 Å².